The van der Waals surface area contributed by atoms with Crippen LogP contribution in [0.25, 0.3) is 0 Å². The summed E-state index contributed by atoms with van der Waals surface area (Å²) in [5.74, 6) is -2.41. The van der Waals surface area contributed by atoms with Crippen molar-refractivity contribution in [1.29, 1.82) is 0 Å². The lowest BCUT2D eigenvalue weighted by Crippen LogP contribution is -2.43. The van der Waals surface area contributed by atoms with Crippen LogP contribution in [-0.4, -0.2) is 29.6 Å². The Morgan fingerprint density at radius 1 is 1.37 bits per heavy atom. The summed E-state index contributed by atoms with van der Waals surface area (Å²) in [6.45, 7) is 0.737. The highest BCUT2D eigenvalue weighted by Gasteiger charge is 2.23. The van der Waals surface area contributed by atoms with E-state index in [-0.39, 0.29) is 11.3 Å². The molecule has 1 saturated heterocycles. The van der Waals surface area contributed by atoms with E-state index in [1.165, 1.54) is 12.1 Å². The van der Waals surface area contributed by atoms with Gasteiger partial charge in [-0.2, -0.15) is 0 Å². The number of piperidine rings is 1. The Morgan fingerprint density at radius 2 is 2.16 bits per heavy atom. The van der Waals surface area contributed by atoms with Gasteiger partial charge in [0.15, 0.2) is 0 Å². The van der Waals surface area contributed by atoms with Crippen molar-refractivity contribution in [1.82, 2.24) is 5.32 Å². The van der Waals surface area contributed by atoms with Crippen LogP contribution in [0.5, 0.6) is 0 Å². The topological polar surface area (TPSA) is 78.4 Å². The number of benzene rings is 1. The maximum atomic E-state index is 13.6. The Morgan fingerprint density at radius 3 is 2.79 bits per heavy atom. The second kappa shape index (κ2) is 5.79. The summed E-state index contributed by atoms with van der Waals surface area (Å²) < 4.78 is 13.6. The van der Waals surface area contributed by atoms with Gasteiger partial charge in [-0.05, 0) is 31.5 Å². The fourth-order valence-corrected chi connectivity index (χ4v) is 2.12. The molecule has 0 aliphatic carbocycles. The monoisotopic (exact) mass is 266 g/mol. The van der Waals surface area contributed by atoms with Gasteiger partial charge in [-0.1, -0.05) is 12.5 Å². The summed E-state index contributed by atoms with van der Waals surface area (Å²) in [6, 6.07) is 3.29. The van der Waals surface area contributed by atoms with E-state index in [2.05, 4.69) is 10.6 Å². The van der Waals surface area contributed by atoms with Crippen molar-refractivity contribution < 1.29 is 19.1 Å². The minimum absolute atomic E-state index is 0.246. The number of carbonyl (C=O) groups is 2. The third-order valence-corrected chi connectivity index (χ3v) is 3.12. The molecule has 102 valence electrons. The van der Waals surface area contributed by atoms with Crippen LogP contribution in [0, 0.1) is 5.82 Å². The summed E-state index contributed by atoms with van der Waals surface area (Å²) in [5, 5.41) is 14.4. The van der Waals surface area contributed by atoms with Crippen LogP contribution in [0.2, 0.25) is 0 Å². The first-order valence-electron chi connectivity index (χ1n) is 6.15. The average Bonchev–Trinajstić information content (AvgIpc) is 2.41. The number of nitrogens with one attached hydrogen (secondary N) is 2. The number of para-hydroxylation sites is 1. The molecule has 3 N–H and O–H groups in total. The zero-order valence-electron chi connectivity index (χ0n) is 10.3. The van der Waals surface area contributed by atoms with E-state index in [0.717, 1.165) is 25.5 Å². The highest BCUT2D eigenvalue weighted by Crippen LogP contribution is 2.21. The molecule has 0 unspecified atom stereocenters. The Bertz CT molecular complexity index is 499. The summed E-state index contributed by atoms with van der Waals surface area (Å²) in [4.78, 5) is 23.0. The molecule has 19 heavy (non-hydrogen) atoms. The summed E-state index contributed by atoms with van der Waals surface area (Å²) in [7, 11) is 0. The minimum atomic E-state index is -1.27. The summed E-state index contributed by atoms with van der Waals surface area (Å²) >= 11 is 0. The lowest BCUT2D eigenvalue weighted by atomic mass is 10.0. The van der Waals surface area contributed by atoms with Crippen LogP contribution in [-0.2, 0) is 4.79 Å². The number of carboxylic acids is 1. The van der Waals surface area contributed by atoms with Crippen molar-refractivity contribution in [3.05, 3.63) is 29.6 Å². The Labute approximate surface area is 109 Å². The molecule has 1 aliphatic rings. The number of rotatable bonds is 3. The molecule has 1 fully saturated rings. The molecule has 5 nitrogen and oxygen atoms in total. The SMILES string of the molecule is O=C(O)c1cccc(F)c1NC(=O)[C@H]1CCCCN1. The molecular weight excluding hydrogens is 251 g/mol. The van der Waals surface area contributed by atoms with E-state index < -0.39 is 23.7 Å². The predicted octanol–water partition coefficient (Wildman–Crippen LogP) is 1.60. The lowest BCUT2D eigenvalue weighted by Gasteiger charge is -2.23. The third-order valence-electron chi connectivity index (χ3n) is 3.12. The number of amides is 1. The van der Waals surface area contributed by atoms with E-state index in [9.17, 15) is 14.0 Å². The number of carbonyl (C=O) groups excluding carboxylic acids is 1. The molecule has 0 radical (unpaired) electrons. The fraction of sp³-hybridized carbons (Fsp3) is 0.385. The van der Waals surface area contributed by atoms with Gasteiger partial charge >= 0.3 is 5.97 Å². The van der Waals surface area contributed by atoms with Gasteiger partial charge in [-0.15, -0.1) is 0 Å². The second-order valence-corrected chi connectivity index (χ2v) is 4.46. The largest absolute Gasteiger partial charge is 0.478 e. The number of anilines is 1. The van der Waals surface area contributed by atoms with Crippen LogP contribution in [0.3, 0.4) is 0 Å². The minimum Gasteiger partial charge on any atom is -0.478 e. The second-order valence-electron chi connectivity index (χ2n) is 4.46. The van der Waals surface area contributed by atoms with E-state index in [1.54, 1.807) is 0 Å². The van der Waals surface area contributed by atoms with E-state index in [4.69, 9.17) is 5.11 Å². The van der Waals surface area contributed by atoms with Crippen molar-refractivity contribution >= 4 is 17.6 Å². The number of hydrogen-bond donors (Lipinski definition) is 3. The number of halogens is 1. The fourth-order valence-electron chi connectivity index (χ4n) is 2.12. The van der Waals surface area contributed by atoms with Gasteiger partial charge in [0.05, 0.1) is 17.3 Å². The maximum Gasteiger partial charge on any atom is 0.337 e. The summed E-state index contributed by atoms with van der Waals surface area (Å²) in [5.41, 5.74) is -0.517. The molecule has 1 heterocycles. The first kappa shape index (κ1) is 13.5. The van der Waals surface area contributed by atoms with Crippen LogP contribution in [0.4, 0.5) is 10.1 Å². The Kier molecular flexibility index (Phi) is 4.11. The van der Waals surface area contributed by atoms with Crippen LogP contribution in [0.15, 0.2) is 18.2 Å². The predicted molar refractivity (Wildman–Crippen MR) is 67.6 cm³/mol. The molecular formula is C13H15FN2O3. The molecule has 0 aromatic heterocycles. The molecule has 0 saturated carbocycles. The molecule has 1 aliphatic heterocycles. The Balaban J connectivity index is 2.18. The maximum absolute atomic E-state index is 13.6. The van der Waals surface area contributed by atoms with Gasteiger partial charge in [0, 0.05) is 0 Å². The smallest absolute Gasteiger partial charge is 0.337 e. The van der Waals surface area contributed by atoms with Gasteiger partial charge in [0.25, 0.3) is 0 Å². The lowest BCUT2D eigenvalue weighted by molar-refractivity contribution is -0.118. The van der Waals surface area contributed by atoms with Crippen molar-refractivity contribution in [3.63, 3.8) is 0 Å². The summed E-state index contributed by atoms with van der Waals surface area (Å²) in [6.07, 6.45) is 2.60. The third kappa shape index (κ3) is 3.08. The molecule has 6 heteroatoms. The van der Waals surface area contributed by atoms with Crippen LogP contribution in [0.1, 0.15) is 29.6 Å². The van der Waals surface area contributed by atoms with Crippen molar-refractivity contribution in [2.24, 2.45) is 0 Å². The van der Waals surface area contributed by atoms with Crippen molar-refractivity contribution in [3.8, 4) is 0 Å². The normalized spacial score (nSPS) is 18.9. The Hall–Kier alpha value is -1.95. The number of aromatic carboxylic acids is 1. The highest BCUT2D eigenvalue weighted by molar-refractivity contribution is 6.02. The molecule has 1 amide bonds. The number of hydrogen-bond acceptors (Lipinski definition) is 3. The van der Waals surface area contributed by atoms with Gasteiger partial charge < -0.3 is 15.7 Å². The first-order valence-corrected chi connectivity index (χ1v) is 6.15. The van der Waals surface area contributed by atoms with Crippen molar-refractivity contribution in [2.75, 3.05) is 11.9 Å². The number of carboxylic acid groups (broad SMARTS) is 1. The zero-order valence-corrected chi connectivity index (χ0v) is 10.3. The van der Waals surface area contributed by atoms with Gasteiger partial charge in [0.2, 0.25) is 5.91 Å². The molecule has 1 atom stereocenters. The standard InChI is InChI=1S/C13H15FN2O3/c14-9-5-3-4-8(13(18)19)11(9)16-12(17)10-6-1-2-7-15-10/h3-5,10,15H,1-2,6-7H2,(H,16,17)(H,18,19)/t10-/m1/s1. The highest BCUT2D eigenvalue weighted by atomic mass is 19.1. The average molecular weight is 266 g/mol. The molecule has 1 aromatic rings. The molecule has 0 spiro atoms. The van der Waals surface area contributed by atoms with Gasteiger partial charge in [-0.25, -0.2) is 9.18 Å². The van der Waals surface area contributed by atoms with E-state index >= 15 is 0 Å². The van der Waals surface area contributed by atoms with Gasteiger partial charge in [0.1, 0.15) is 5.82 Å². The van der Waals surface area contributed by atoms with Crippen molar-refractivity contribution in [2.45, 2.75) is 25.3 Å². The van der Waals surface area contributed by atoms with Crippen LogP contribution < -0.4 is 10.6 Å². The van der Waals surface area contributed by atoms with E-state index in [0.29, 0.717) is 6.42 Å². The quantitative estimate of drug-likeness (QED) is 0.776. The molecule has 0 bridgehead atoms. The first-order chi connectivity index (χ1) is 9.09. The zero-order chi connectivity index (χ0) is 13.8. The molecule has 1 aromatic carbocycles. The van der Waals surface area contributed by atoms with Crippen LogP contribution >= 0.6 is 0 Å². The van der Waals surface area contributed by atoms with E-state index in [1.807, 2.05) is 0 Å². The molecule has 2 rings (SSSR count). The van der Waals surface area contributed by atoms with Gasteiger partial charge in [-0.3, -0.25) is 4.79 Å².